The van der Waals surface area contributed by atoms with Crippen LogP contribution in [0.2, 0.25) is 0 Å². The third-order valence-electron chi connectivity index (χ3n) is 3.74. The van der Waals surface area contributed by atoms with E-state index in [4.69, 9.17) is 5.73 Å². The summed E-state index contributed by atoms with van der Waals surface area (Å²) in [6.45, 7) is 6.92. The van der Waals surface area contributed by atoms with Crippen molar-refractivity contribution in [3.8, 4) is 0 Å². The van der Waals surface area contributed by atoms with Gasteiger partial charge in [-0.2, -0.15) is 0 Å². The van der Waals surface area contributed by atoms with Gasteiger partial charge in [0.15, 0.2) is 0 Å². The number of nitrogens with zero attached hydrogens (tertiary/aromatic N) is 1. The first-order chi connectivity index (χ1) is 9.54. The van der Waals surface area contributed by atoms with E-state index >= 15 is 0 Å². The van der Waals surface area contributed by atoms with Crippen LogP contribution in [0.25, 0.3) is 0 Å². The first-order valence-corrected chi connectivity index (χ1v) is 7.06. The number of pyridine rings is 1. The Kier molecular flexibility index (Phi) is 4.40. The van der Waals surface area contributed by atoms with Crippen LogP contribution in [0.1, 0.15) is 41.6 Å². The fourth-order valence-electron chi connectivity index (χ4n) is 2.35. The van der Waals surface area contributed by atoms with Crippen LogP contribution >= 0.6 is 0 Å². The molecule has 1 unspecified atom stereocenters. The van der Waals surface area contributed by atoms with E-state index in [1.54, 1.807) is 4.57 Å². The Morgan fingerprint density at radius 2 is 1.95 bits per heavy atom. The lowest BCUT2D eigenvalue weighted by Crippen LogP contribution is -2.28. The van der Waals surface area contributed by atoms with Crippen molar-refractivity contribution in [3.05, 3.63) is 69.1 Å². The van der Waals surface area contributed by atoms with Gasteiger partial charge < -0.3 is 10.3 Å². The molecule has 1 atom stereocenters. The molecule has 0 fully saturated rings. The summed E-state index contributed by atoms with van der Waals surface area (Å²) >= 11 is 0. The number of aromatic nitrogens is 1. The number of nitrogens with two attached hydrogens (primary N) is 1. The molecule has 3 nitrogen and oxygen atoms in total. The fraction of sp³-hybridized carbons (Fsp3) is 0.353. The molecule has 0 aliphatic heterocycles. The van der Waals surface area contributed by atoms with Crippen molar-refractivity contribution in [2.24, 2.45) is 5.73 Å². The van der Waals surface area contributed by atoms with Crippen LogP contribution in [0, 0.1) is 13.8 Å². The lowest BCUT2D eigenvalue weighted by Gasteiger charge is -2.15. The summed E-state index contributed by atoms with van der Waals surface area (Å²) in [5.41, 5.74) is 10.4. The highest BCUT2D eigenvalue weighted by molar-refractivity contribution is 5.36. The largest absolute Gasteiger partial charge is 0.320 e. The molecule has 2 N–H and O–H groups in total. The highest BCUT2D eigenvalue weighted by Crippen LogP contribution is 2.19. The second kappa shape index (κ2) is 6.06. The van der Waals surface area contributed by atoms with Crippen molar-refractivity contribution >= 4 is 0 Å². The molecule has 0 aliphatic carbocycles. The van der Waals surface area contributed by atoms with Gasteiger partial charge in [0.2, 0.25) is 0 Å². The molecule has 0 spiro atoms. The third kappa shape index (κ3) is 2.83. The highest BCUT2D eigenvalue weighted by atomic mass is 16.1. The molecule has 0 saturated heterocycles. The molecular weight excluding hydrogens is 248 g/mol. The molecule has 0 bridgehead atoms. The van der Waals surface area contributed by atoms with Crippen LogP contribution in [0.15, 0.2) is 41.3 Å². The maximum absolute atomic E-state index is 12.4. The summed E-state index contributed by atoms with van der Waals surface area (Å²) in [4.78, 5) is 12.4. The third-order valence-corrected chi connectivity index (χ3v) is 3.74. The average molecular weight is 270 g/mol. The molecule has 106 valence electrons. The summed E-state index contributed by atoms with van der Waals surface area (Å²) in [6.07, 6.45) is 2.75. The number of benzene rings is 1. The van der Waals surface area contributed by atoms with Crippen molar-refractivity contribution in [2.45, 2.75) is 39.8 Å². The van der Waals surface area contributed by atoms with Crippen molar-refractivity contribution in [1.82, 2.24) is 4.57 Å². The van der Waals surface area contributed by atoms with Gasteiger partial charge in [0.05, 0.1) is 6.04 Å². The van der Waals surface area contributed by atoms with Gasteiger partial charge in [-0.25, -0.2) is 0 Å². The summed E-state index contributed by atoms with van der Waals surface area (Å²) in [5, 5.41) is 0. The van der Waals surface area contributed by atoms with Crippen LogP contribution in [0.3, 0.4) is 0 Å². The molecule has 1 aromatic heterocycles. The van der Waals surface area contributed by atoms with E-state index in [9.17, 15) is 4.79 Å². The molecule has 0 aliphatic rings. The monoisotopic (exact) mass is 270 g/mol. The van der Waals surface area contributed by atoms with Crippen molar-refractivity contribution in [1.29, 1.82) is 0 Å². The highest BCUT2D eigenvalue weighted by Gasteiger charge is 2.14. The SMILES string of the molecule is CCCn1cccc(C(N)c2ccc(C)c(C)c2)c1=O. The van der Waals surface area contributed by atoms with Gasteiger partial charge in [-0.15, -0.1) is 0 Å². The van der Waals surface area contributed by atoms with Gasteiger partial charge in [0.1, 0.15) is 0 Å². The predicted molar refractivity (Wildman–Crippen MR) is 82.9 cm³/mol. The van der Waals surface area contributed by atoms with Gasteiger partial charge in [-0.1, -0.05) is 31.2 Å². The Morgan fingerprint density at radius 3 is 2.60 bits per heavy atom. The predicted octanol–water partition coefficient (Wildman–Crippen LogP) is 2.92. The van der Waals surface area contributed by atoms with Gasteiger partial charge in [-0.3, -0.25) is 4.79 Å². The van der Waals surface area contributed by atoms with E-state index in [0.29, 0.717) is 5.56 Å². The van der Waals surface area contributed by atoms with E-state index < -0.39 is 0 Å². The molecule has 2 rings (SSSR count). The van der Waals surface area contributed by atoms with Crippen LogP contribution < -0.4 is 11.3 Å². The Balaban J connectivity index is 2.42. The average Bonchev–Trinajstić information content (AvgIpc) is 2.44. The number of hydrogen-bond donors (Lipinski definition) is 1. The summed E-state index contributed by atoms with van der Waals surface area (Å²) in [6, 6.07) is 9.48. The summed E-state index contributed by atoms with van der Waals surface area (Å²) < 4.78 is 1.73. The minimum Gasteiger partial charge on any atom is -0.320 e. The summed E-state index contributed by atoms with van der Waals surface area (Å²) in [5.74, 6) is 0. The van der Waals surface area contributed by atoms with Crippen molar-refractivity contribution < 1.29 is 0 Å². The van der Waals surface area contributed by atoms with E-state index in [1.807, 2.05) is 24.4 Å². The zero-order chi connectivity index (χ0) is 14.7. The molecular formula is C17H22N2O. The molecule has 1 aromatic carbocycles. The van der Waals surface area contributed by atoms with Gasteiger partial charge in [0, 0.05) is 18.3 Å². The smallest absolute Gasteiger partial charge is 0.255 e. The van der Waals surface area contributed by atoms with E-state index in [-0.39, 0.29) is 11.6 Å². The van der Waals surface area contributed by atoms with Crippen molar-refractivity contribution in [2.75, 3.05) is 0 Å². The van der Waals surface area contributed by atoms with Crippen LogP contribution in [0.4, 0.5) is 0 Å². The molecule has 0 amide bonds. The van der Waals surface area contributed by atoms with Gasteiger partial charge >= 0.3 is 0 Å². The molecule has 3 heteroatoms. The molecule has 0 saturated carbocycles. The standard InChI is InChI=1S/C17H22N2O/c1-4-9-19-10-5-6-15(17(19)20)16(18)14-8-7-12(2)13(3)11-14/h5-8,10-11,16H,4,9,18H2,1-3H3. The first kappa shape index (κ1) is 14.5. The van der Waals surface area contributed by atoms with Gasteiger partial charge in [0.25, 0.3) is 5.56 Å². The normalized spacial score (nSPS) is 12.4. The Labute approximate surface area is 120 Å². The van der Waals surface area contributed by atoms with E-state index in [2.05, 4.69) is 32.9 Å². The van der Waals surface area contributed by atoms with E-state index in [1.165, 1.54) is 11.1 Å². The van der Waals surface area contributed by atoms with Crippen LogP contribution in [-0.4, -0.2) is 4.57 Å². The second-order valence-electron chi connectivity index (χ2n) is 5.28. The number of rotatable bonds is 4. The topological polar surface area (TPSA) is 48.0 Å². The molecule has 0 radical (unpaired) electrons. The molecule has 2 aromatic rings. The molecule has 1 heterocycles. The summed E-state index contributed by atoms with van der Waals surface area (Å²) in [7, 11) is 0. The second-order valence-corrected chi connectivity index (χ2v) is 5.28. The van der Waals surface area contributed by atoms with Crippen LogP contribution in [-0.2, 0) is 6.54 Å². The maximum atomic E-state index is 12.4. The lowest BCUT2D eigenvalue weighted by molar-refractivity contribution is 0.641. The fourth-order valence-corrected chi connectivity index (χ4v) is 2.35. The minimum absolute atomic E-state index is 0.0140. The molecule has 20 heavy (non-hydrogen) atoms. The number of aryl methyl sites for hydroxylation is 3. The lowest BCUT2D eigenvalue weighted by atomic mass is 9.97. The Bertz CT molecular complexity index is 658. The first-order valence-electron chi connectivity index (χ1n) is 7.06. The number of hydrogen-bond acceptors (Lipinski definition) is 2. The quantitative estimate of drug-likeness (QED) is 0.928. The minimum atomic E-state index is -0.369. The van der Waals surface area contributed by atoms with E-state index in [0.717, 1.165) is 18.5 Å². The zero-order valence-corrected chi connectivity index (χ0v) is 12.4. The van der Waals surface area contributed by atoms with Crippen molar-refractivity contribution in [3.63, 3.8) is 0 Å². The maximum Gasteiger partial charge on any atom is 0.255 e. The zero-order valence-electron chi connectivity index (χ0n) is 12.4. The van der Waals surface area contributed by atoms with Crippen LogP contribution in [0.5, 0.6) is 0 Å². The van der Waals surface area contributed by atoms with Gasteiger partial charge in [-0.05, 0) is 43.0 Å². The Morgan fingerprint density at radius 1 is 1.20 bits per heavy atom. The Hall–Kier alpha value is -1.87.